The third-order valence-corrected chi connectivity index (χ3v) is 3.40. The zero-order chi connectivity index (χ0) is 18.3. The molecule has 0 spiro atoms. The van der Waals surface area contributed by atoms with Crippen LogP contribution in [0.2, 0.25) is 0 Å². The van der Waals surface area contributed by atoms with Gasteiger partial charge in [0.05, 0.1) is 18.8 Å². The molecule has 134 valence electrons. The number of carbonyl (C=O) groups is 2. The van der Waals surface area contributed by atoms with Crippen LogP contribution in [0.3, 0.4) is 0 Å². The number of hydrogen-bond acceptors (Lipinski definition) is 3. The van der Waals surface area contributed by atoms with Gasteiger partial charge in [-0.15, -0.1) is 0 Å². The summed E-state index contributed by atoms with van der Waals surface area (Å²) in [6.45, 7) is 2.49. The van der Waals surface area contributed by atoms with Crippen LogP contribution < -0.4 is 5.32 Å². The summed E-state index contributed by atoms with van der Waals surface area (Å²) < 4.78 is 39.4. The standard InChI is InChI=1S/C16H22F3N3O2/c1-4-5-8-22(3)14(24)10-21(2)9-13(23)20-12-7-6-11(17)15(18)16(12)19/h6-7H,4-5,8-10H2,1-3H3,(H,20,23). The van der Waals surface area contributed by atoms with Crippen LogP contribution in [0.1, 0.15) is 19.8 Å². The van der Waals surface area contributed by atoms with E-state index in [1.54, 1.807) is 19.0 Å². The fraction of sp³-hybridized carbons (Fsp3) is 0.500. The van der Waals surface area contributed by atoms with Crippen LogP contribution in [0.4, 0.5) is 18.9 Å². The number of likely N-dealkylation sites (N-methyl/N-ethyl adjacent to an activating group) is 2. The summed E-state index contributed by atoms with van der Waals surface area (Å²) >= 11 is 0. The maximum atomic E-state index is 13.5. The molecule has 0 aromatic heterocycles. The van der Waals surface area contributed by atoms with Crippen molar-refractivity contribution in [1.82, 2.24) is 9.80 Å². The molecule has 0 atom stereocenters. The molecule has 0 heterocycles. The fourth-order valence-corrected chi connectivity index (χ4v) is 1.98. The molecule has 0 aliphatic heterocycles. The number of rotatable bonds is 8. The van der Waals surface area contributed by atoms with E-state index in [0.29, 0.717) is 6.54 Å². The molecule has 5 nitrogen and oxygen atoms in total. The highest BCUT2D eigenvalue weighted by molar-refractivity contribution is 5.92. The molecule has 1 aromatic carbocycles. The van der Waals surface area contributed by atoms with Crippen molar-refractivity contribution in [3.8, 4) is 0 Å². The van der Waals surface area contributed by atoms with E-state index in [-0.39, 0.29) is 19.0 Å². The van der Waals surface area contributed by atoms with Crippen molar-refractivity contribution in [2.45, 2.75) is 19.8 Å². The van der Waals surface area contributed by atoms with Crippen LogP contribution >= 0.6 is 0 Å². The van der Waals surface area contributed by atoms with Crippen molar-refractivity contribution in [3.05, 3.63) is 29.6 Å². The Balaban J connectivity index is 2.53. The highest BCUT2D eigenvalue weighted by atomic mass is 19.2. The molecule has 1 N–H and O–H groups in total. The third-order valence-electron chi connectivity index (χ3n) is 3.40. The van der Waals surface area contributed by atoms with Gasteiger partial charge in [0.25, 0.3) is 0 Å². The lowest BCUT2D eigenvalue weighted by molar-refractivity contribution is -0.131. The molecule has 0 bridgehead atoms. The van der Waals surface area contributed by atoms with Crippen molar-refractivity contribution in [2.75, 3.05) is 39.0 Å². The number of hydrogen-bond donors (Lipinski definition) is 1. The lowest BCUT2D eigenvalue weighted by atomic mass is 10.2. The van der Waals surface area contributed by atoms with Gasteiger partial charge in [-0.2, -0.15) is 0 Å². The average molecular weight is 345 g/mol. The van der Waals surface area contributed by atoms with Crippen LogP contribution in [-0.4, -0.2) is 55.3 Å². The van der Waals surface area contributed by atoms with Gasteiger partial charge >= 0.3 is 0 Å². The highest BCUT2D eigenvalue weighted by Gasteiger charge is 2.17. The molecule has 0 saturated carbocycles. The summed E-state index contributed by atoms with van der Waals surface area (Å²) in [7, 11) is 3.25. The number of nitrogens with zero attached hydrogens (tertiary/aromatic N) is 2. The molecular weight excluding hydrogens is 323 g/mol. The molecule has 0 aliphatic carbocycles. The molecule has 8 heteroatoms. The maximum absolute atomic E-state index is 13.5. The van der Waals surface area contributed by atoms with E-state index in [1.807, 2.05) is 6.92 Å². The van der Waals surface area contributed by atoms with E-state index < -0.39 is 29.0 Å². The van der Waals surface area contributed by atoms with Crippen LogP contribution in [0.15, 0.2) is 12.1 Å². The maximum Gasteiger partial charge on any atom is 0.238 e. The van der Waals surface area contributed by atoms with E-state index in [2.05, 4.69) is 5.32 Å². The molecule has 1 aromatic rings. The van der Waals surface area contributed by atoms with Crippen molar-refractivity contribution in [2.24, 2.45) is 0 Å². The van der Waals surface area contributed by atoms with Gasteiger partial charge < -0.3 is 10.2 Å². The lowest BCUT2D eigenvalue weighted by Gasteiger charge is -2.21. The Labute approximate surface area is 139 Å². The van der Waals surface area contributed by atoms with Gasteiger partial charge in [0.15, 0.2) is 17.5 Å². The molecule has 0 saturated heterocycles. The van der Waals surface area contributed by atoms with Gasteiger partial charge in [-0.1, -0.05) is 13.3 Å². The Kier molecular flexibility index (Phi) is 7.70. The molecule has 0 unspecified atom stereocenters. The van der Waals surface area contributed by atoms with Gasteiger partial charge in [0.1, 0.15) is 0 Å². The normalized spacial score (nSPS) is 10.8. The third kappa shape index (κ3) is 5.84. The largest absolute Gasteiger partial charge is 0.345 e. The summed E-state index contributed by atoms with van der Waals surface area (Å²) in [5, 5.41) is 2.16. The topological polar surface area (TPSA) is 52.7 Å². The fourth-order valence-electron chi connectivity index (χ4n) is 1.98. The van der Waals surface area contributed by atoms with Gasteiger partial charge in [-0.05, 0) is 25.6 Å². The van der Waals surface area contributed by atoms with E-state index >= 15 is 0 Å². The zero-order valence-electron chi connectivity index (χ0n) is 14.0. The minimum Gasteiger partial charge on any atom is -0.345 e. The van der Waals surface area contributed by atoms with E-state index in [1.165, 1.54) is 4.90 Å². The predicted octanol–water partition coefficient (Wildman–Crippen LogP) is 2.23. The molecule has 0 aliphatic rings. The zero-order valence-corrected chi connectivity index (χ0v) is 14.0. The van der Waals surface area contributed by atoms with Crippen LogP contribution in [-0.2, 0) is 9.59 Å². The summed E-state index contributed by atoms with van der Waals surface area (Å²) in [5.74, 6) is -5.21. The molecule has 0 radical (unpaired) electrons. The van der Waals surface area contributed by atoms with Crippen molar-refractivity contribution in [1.29, 1.82) is 0 Å². The smallest absolute Gasteiger partial charge is 0.238 e. The first-order valence-electron chi connectivity index (χ1n) is 7.62. The highest BCUT2D eigenvalue weighted by Crippen LogP contribution is 2.19. The first-order chi connectivity index (χ1) is 11.3. The van der Waals surface area contributed by atoms with Gasteiger partial charge in [0, 0.05) is 13.6 Å². The second-order valence-electron chi connectivity index (χ2n) is 5.61. The van der Waals surface area contributed by atoms with Crippen LogP contribution in [0.5, 0.6) is 0 Å². The van der Waals surface area contributed by atoms with Crippen LogP contribution in [0.25, 0.3) is 0 Å². The Morgan fingerprint density at radius 3 is 2.38 bits per heavy atom. The molecular formula is C16H22F3N3O2. The number of anilines is 1. The van der Waals surface area contributed by atoms with Crippen molar-refractivity contribution >= 4 is 17.5 Å². The first-order valence-corrected chi connectivity index (χ1v) is 7.62. The first kappa shape index (κ1) is 20.0. The van der Waals surface area contributed by atoms with Gasteiger partial charge in [0.2, 0.25) is 11.8 Å². The predicted molar refractivity (Wildman–Crippen MR) is 85.0 cm³/mol. The van der Waals surface area contributed by atoms with E-state index in [0.717, 1.165) is 25.0 Å². The molecule has 24 heavy (non-hydrogen) atoms. The van der Waals surface area contributed by atoms with Gasteiger partial charge in [-0.25, -0.2) is 13.2 Å². The van der Waals surface area contributed by atoms with E-state index in [9.17, 15) is 22.8 Å². The SMILES string of the molecule is CCCCN(C)C(=O)CN(C)CC(=O)Nc1ccc(F)c(F)c1F. The number of halogens is 3. The Morgan fingerprint density at radius 2 is 1.75 bits per heavy atom. The van der Waals surface area contributed by atoms with E-state index in [4.69, 9.17) is 0 Å². The minimum absolute atomic E-state index is 0.0217. The second-order valence-corrected chi connectivity index (χ2v) is 5.61. The van der Waals surface area contributed by atoms with Crippen LogP contribution in [0, 0.1) is 17.5 Å². The summed E-state index contributed by atoms with van der Waals surface area (Å²) in [6, 6.07) is 1.67. The number of benzene rings is 1. The summed E-state index contributed by atoms with van der Waals surface area (Å²) in [5.41, 5.74) is -0.446. The minimum atomic E-state index is -1.64. The Hall–Kier alpha value is -2.09. The number of amides is 2. The Bertz CT molecular complexity index is 596. The number of carbonyl (C=O) groups excluding carboxylic acids is 2. The monoisotopic (exact) mass is 345 g/mol. The quantitative estimate of drug-likeness (QED) is 0.735. The second kappa shape index (κ2) is 9.27. The number of unbranched alkanes of at least 4 members (excludes halogenated alkanes) is 1. The lowest BCUT2D eigenvalue weighted by Crippen LogP contribution is -2.40. The molecule has 1 rings (SSSR count). The van der Waals surface area contributed by atoms with Gasteiger partial charge in [-0.3, -0.25) is 14.5 Å². The van der Waals surface area contributed by atoms with Crippen molar-refractivity contribution < 1.29 is 22.8 Å². The molecule has 2 amide bonds. The molecule has 0 fully saturated rings. The number of nitrogens with one attached hydrogen (secondary N) is 1. The summed E-state index contributed by atoms with van der Waals surface area (Å²) in [4.78, 5) is 26.8. The summed E-state index contributed by atoms with van der Waals surface area (Å²) in [6.07, 6.45) is 1.86. The Morgan fingerprint density at radius 1 is 1.08 bits per heavy atom. The average Bonchev–Trinajstić information content (AvgIpc) is 2.52. The van der Waals surface area contributed by atoms with Crippen molar-refractivity contribution in [3.63, 3.8) is 0 Å².